The Morgan fingerprint density at radius 1 is 1.27 bits per heavy atom. The Balaban J connectivity index is 1.55. The van der Waals surface area contributed by atoms with Crippen LogP contribution in [0.4, 0.5) is 5.82 Å². The van der Waals surface area contributed by atoms with Crippen LogP contribution in [0, 0.1) is 12.8 Å². The molecule has 1 aliphatic carbocycles. The third kappa shape index (κ3) is 2.93. The molecular weight excluding hydrogens is 278 g/mol. The second-order valence-corrected chi connectivity index (χ2v) is 5.83. The van der Waals surface area contributed by atoms with Gasteiger partial charge in [0.2, 0.25) is 0 Å². The van der Waals surface area contributed by atoms with Crippen LogP contribution in [-0.2, 0) is 0 Å². The molecular formula is C17H19N3O2. The fourth-order valence-electron chi connectivity index (χ4n) is 2.98. The number of aromatic nitrogens is 2. The van der Waals surface area contributed by atoms with Crippen molar-refractivity contribution in [3.63, 3.8) is 0 Å². The summed E-state index contributed by atoms with van der Waals surface area (Å²) in [5.74, 6) is 0.855. The van der Waals surface area contributed by atoms with Gasteiger partial charge >= 0.3 is 5.97 Å². The molecule has 5 heteroatoms. The van der Waals surface area contributed by atoms with E-state index in [-0.39, 0.29) is 5.69 Å². The minimum Gasteiger partial charge on any atom is -0.476 e. The average Bonchev–Trinajstić information content (AvgIpc) is 2.48. The first-order valence-electron chi connectivity index (χ1n) is 7.49. The number of aromatic carboxylic acids is 1. The Morgan fingerprint density at radius 3 is 2.68 bits per heavy atom. The number of hydrogen-bond acceptors (Lipinski definition) is 4. The van der Waals surface area contributed by atoms with Gasteiger partial charge in [-0.15, -0.1) is 0 Å². The van der Waals surface area contributed by atoms with Crippen molar-refractivity contribution < 1.29 is 9.90 Å². The Morgan fingerprint density at radius 2 is 2.00 bits per heavy atom. The van der Waals surface area contributed by atoms with E-state index in [0.717, 1.165) is 19.4 Å². The molecule has 0 atom stereocenters. The second kappa shape index (κ2) is 6.13. The van der Waals surface area contributed by atoms with Gasteiger partial charge in [-0.3, -0.25) is 0 Å². The summed E-state index contributed by atoms with van der Waals surface area (Å²) in [4.78, 5) is 19.0. The third-order valence-electron chi connectivity index (χ3n) is 4.35. The maximum absolute atomic E-state index is 11.1. The van der Waals surface area contributed by atoms with Crippen LogP contribution < -0.4 is 5.32 Å². The lowest BCUT2D eigenvalue weighted by Crippen LogP contribution is -2.28. The molecule has 0 unspecified atom stereocenters. The predicted octanol–water partition coefficient (Wildman–Crippen LogP) is 3.09. The zero-order valence-corrected chi connectivity index (χ0v) is 12.5. The summed E-state index contributed by atoms with van der Waals surface area (Å²) in [7, 11) is 0. The topological polar surface area (TPSA) is 75.1 Å². The number of carboxylic acids is 1. The third-order valence-corrected chi connectivity index (χ3v) is 4.35. The van der Waals surface area contributed by atoms with E-state index in [0.29, 0.717) is 23.2 Å². The lowest BCUT2D eigenvalue weighted by molar-refractivity contribution is 0.0689. The maximum atomic E-state index is 11.1. The molecule has 3 rings (SSSR count). The Hall–Kier alpha value is -2.43. The van der Waals surface area contributed by atoms with Crippen LogP contribution in [-0.4, -0.2) is 27.6 Å². The van der Waals surface area contributed by atoms with Gasteiger partial charge in [0.1, 0.15) is 12.1 Å². The lowest BCUT2D eigenvalue weighted by Gasteiger charge is -2.36. The average molecular weight is 297 g/mol. The fourth-order valence-corrected chi connectivity index (χ4v) is 2.98. The molecule has 0 radical (unpaired) electrons. The first-order chi connectivity index (χ1) is 10.6. The van der Waals surface area contributed by atoms with Crippen LogP contribution in [0.1, 0.15) is 40.4 Å². The summed E-state index contributed by atoms with van der Waals surface area (Å²) in [6.45, 7) is 2.56. The van der Waals surface area contributed by atoms with E-state index in [2.05, 4.69) is 39.6 Å². The van der Waals surface area contributed by atoms with Gasteiger partial charge in [0.05, 0.1) is 0 Å². The van der Waals surface area contributed by atoms with Crippen LogP contribution in [0.5, 0.6) is 0 Å². The number of hydrogen-bond donors (Lipinski definition) is 2. The lowest BCUT2D eigenvalue weighted by atomic mass is 9.71. The number of nitrogens with zero attached hydrogens (tertiary/aromatic N) is 2. The first kappa shape index (κ1) is 14.5. The van der Waals surface area contributed by atoms with E-state index in [1.54, 1.807) is 6.92 Å². The number of anilines is 1. The minimum atomic E-state index is -1.02. The van der Waals surface area contributed by atoms with Gasteiger partial charge in [-0.05, 0) is 37.2 Å². The molecule has 0 amide bonds. The van der Waals surface area contributed by atoms with Crippen molar-refractivity contribution >= 4 is 11.8 Å². The van der Waals surface area contributed by atoms with Crippen molar-refractivity contribution in [3.05, 3.63) is 53.5 Å². The summed E-state index contributed by atoms with van der Waals surface area (Å²) in [6, 6.07) is 10.6. The molecule has 5 nitrogen and oxygen atoms in total. The number of benzene rings is 1. The molecule has 0 bridgehead atoms. The van der Waals surface area contributed by atoms with Gasteiger partial charge in [-0.2, -0.15) is 0 Å². The fraction of sp³-hybridized carbons (Fsp3) is 0.353. The highest BCUT2D eigenvalue weighted by Gasteiger charge is 2.30. The molecule has 1 saturated carbocycles. The Labute approximate surface area is 129 Å². The summed E-state index contributed by atoms with van der Waals surface area (Å²) in [6.07, 6.45) is 3.62. The zero-order valence-electron chi connectivity index (χ0n) is 12.5. The van der Waals surface area contributed by atoms with Crippen molar-refractivity contribution in [2.75, 3.05) is 11.9 Å². The molecule has 0 aliphatic heterocycles. The largest absolute Gasteiger partial charge is 0.476 e. The van der Waals surface area contributed by atoms with Gasteiger partial charge < -0.3 is 10.4 Å². The van der Waals surface area contributed by atoms with E-state index >= 15 is 0 Å². The van der Waals surface area contributed by atoms with E-state index in [4.69, 9.17) is 5.11 Å². The zero-order chi connectivity index (χ0) is 15.5. The summed E-state index contributed by atoms with van der Waals surface area (Å²) in [5, 5.41) is 12.3. The molecule has 22 heavy (non-hydrogen) atoms. The quantitative estimate of drug-likeness (QED) is 0.887. The minimum absolute atomic E-state index is 0.0632. The van der Waals surface area contributed by atoms with Crippen molar-refractivity contribution in [2.45, 2.75) is 25.7 Å². The molecule has 0 spiro atoms. The Kier molecular flexibility index (Phi) is 4.04. The molecule has 2 aromatic rings. The highest BCUT2D eigenvalue weighted by molar-refractivity contribution is 5.88. The Bertz CT molecular complexity index is 667. The van der Waals surface area contributed by atoms with Crippen molar-refractivity contribution in [1.82, 2.24) is 9.97 Å². The molecule has 1 aliphatic rings. The molecule has 114 valence electrons. The molecule has 0 saturated heterocycles. The molecule has 1 aromatic carbocycles. The second-order valence-electron chi connectivity index (χ2n) is 5.83. The first-order valence-corrected chi connectivity index (χ1v) is 7.49. The van der Waals surface area contributed by atoms with Crippen molar-refractivity contribution in [1.29, 1.82) is 0 Å². The summed E-state index contributed by atoms with van der Waals surface area (Å²) < 4.78 is 0. The van der Waals surface area contributed by atoms with Gasteiger partial charge in [-0.1, -0.05) is 30.3 Å². The molecule has 1 heterocycles. The van der Waals surface area contributed by atoms with Crippen LogP contribution in [0.3, 0.4) is 0 Å². The van der Waals surface area contributed by atoms with Crippen LogP contribution in [0.2, 0.25) is 0 Å². The van der Waals surface area contributed by atoms with Crippen LogP contribution >= 0.6 is 0 Å². The van der Waals surface area contributed by atoms with E-state index < -0.39 is 5.97 Å². The highest BCUT2D eigenvalue weighted by atomic mass is 16.4. The number of nitrogens with one attached hydrogen (secondary N) is 1. The van der Waals surface area contributed by atoms with Crippen molar-refractivity contribution in [3.8, 4) is 0 Å². The number of rotatable bonds is 5. The number of carboxylic acid groups (broad SMARTS) is 1. The van der Waals surface area contributed by atoms with Crippen LogP contribution in [0.25, 0.3) is 0 Å². The van der Waals surface area contributed by atoms with Gasteiger partial charge in [0.15, 0.2) is 5.69 Å². The van der Waals surface area contributed by atoms with Gasteiger partial charge in [0, 0.05) is 12.1 Å². The molecule has 1 fully saturated rings. The van der Waals surface area contributed by atoms with Crippen molar-refractivity contribution in [2.24, 2.45) is 5.92 Å². The smallest absolute Gasteiger partial charge is 0.354 e. The van der Waals surface area contributed by atoms with Crippen LogP contribution in [0.15, 0.2) is 36.7 Å². The van der Waals surface area contributed by atoms with E-state index in [1.807, 2.05) is 6.07 Å². The standard InChI is InChI=1S/C17H19N3O2/c1-11-15(17(21)22)19-10-20-16(11)18-9-12-7-14(8-12)13-5-3-2-4-6-13/h2-6,10,12,14H,7-9H2,1H3,(H,21,22)(H,18,19,20)/t12-,14-. The van der Waals surface area contributed by atoms with Gasteiger partial charge in [0.25, 0.3) is 0 Å². The monoisotopic (exact) mass is 297 g/mol. The number of carbonyl (C=O) groups is 1. The molecule has 1 aromatic heterocycles. The predicted molar refractivity (Wildman–Crippen MR) is 84.1 cm³/mol. The normalized spacial score (nSPS) is 20.2. The SMILES string of the molecule is Cc1c(NC[C@H]2C[C@H](c3ccccc3)C2)ncnc1C(=O)O. The van der Waals surface area contributed by atoms with E-state index in [9.17, 15) is 4.79 Å². The van der Waals surface area contributed by atoms with E-state index in [1.165, 1.54) is 11.9 Å². The van der Waals surface area contributed by atoms with Gasteiger partial charge in [-0.25, -0.2) is 14.8 Å². The summed E-state index contributed by atoms with van der Waals surface area (Å²) >= 11 is 0. The maximum Gasteiger partial charge on any atom is 0.354 e. The molecule has 2 N–H and O–H groups in total. The summed E-state index contributed by atoms with van der Waals surface area (Å²) in [5.41, 5.74) is 2.06. The highest BCUT2D eigenvalue weighted by Crippen LogP contribution is 2.41.